The molecule has 3 nitrogen and oxygen atoms in total. The predicted molar refractivity (Wildman–Crippen MR) is 72.0 cm³/mol. The Labute approximate surface area is 108 Å². The maximum atomic E-state index is 5.62. The quantitative estimate of drug-likeness (QED) is 0.900. The van der Waals surface area contributed by atoms with E-state index in [0.29, 0.717) is 6.61 Å². The smallest absolute Gasteiger partial charge is 0.169 e. The lowest BCUT2D eigenvalue weighted by Gasteiger charge is -2.20. The number of halogens is 1. The molecule has 0 amide bonds. The average Bonchev–Trinajstić information content (AvgIpc) is 2.35. The van der Waals surface area contributed by atoms with Crippen LogP contribution in [-0.4, -0.2) is 20.3 Å². The van der Waals surface area contributed by atoms with Crippen molar-refractivity contribution in [1.29, 1.82) is 0 Å². The first-order chi connectivity index (χ1) is 7.86. The first kappa shape index (κ1) is 13.9. The molecule has 17 heavy (non-hydrogen) atoms. The fourth-order valence-electron chi connectivity index (χ4n) is 1.94. The van der Waals surface area contributed by atoms with Crippen LogP contribution in [0.5, 0.6) is 11.5 Å². The summed E-state index contributed by atoms with van der Waals surface area (Å²) in [5.41, 5.74) is 7.99. The highest BCUT2D eigenvalue weighted by molar-refractivity contribution is 5.85. The van der Waals surface area contributed by atoms with E-state index < -0.39 is 0 Å². The lowest BCUT2D eigenvalue weighted by molar-refractivity contribution is 0.321. The fourth-order valence-corrected chi connectivity index (χ4v) is 1.94. The zero-order valence-corrected chi connectivity index (χ0v) is 10.8. The van der Waals surface area contributed by atoms with Gasteiger partial charge in [-0.05, 0) is 37.1 Å². The maximum absolute atomic E-state index is 5.62. The van der Waals surface area contributed by atoms with Crippen molar-refractivity contribution in [3.63, 3.8) is 0 Å². The number of hydrogen-bond donors (Lipinski definition) is 1. The number of nitrogens with two attached hydrogens (primary N) is 1. The second kappa shape index (κ2) is 6.52. The molecular formula is C13H18ClNO2. The highest BCUT2D eigenvalue weighted by atomic mass is 35.5. The molecule has 0 spiro atoms. The summed E-state index contributed by atoms with van der Waals surface area (Å²) in [5.74, 6) is 1.66. The summed E-state index contributed by atoms with van der Waals surface area (Å²) in [6, 6.07) is 5.98. The Morgan fingerprint density at radius 2 is 2.24 bits per heavy atom. The minimum Gasteiger partial charge on any atom is -0.493 e. The van der Waals surface area contributed by atoms with Crippen LogP contribution in [0.2, 0.25) is 0 Å². The summed E-state index contributed by atoms with van der Waals surface area (Å²) in [7, 11) is 1.66. The molecule has 0 bridgehead atoms. The fraction of sp³-hybridized carbons (Fsp3) is 0.385. The molecule has 94 valence electrons. The van der Waals surface area contributed by atoms with Crippen LogP contribution in [0.15, 0.2) is 24.3 Å². The lowest BCUT2D eigenvalue weighted by atomic mass is 9.98. The third-order valence-electron chi connectivity index (χ3n) is 2.75. The summed E-state index contributed by atoms with van der Waals surface area (Å²) < 4.78 is 10.9. The summed E-state index contributed by atoms with van der Waals surface area (Å²) in [5, 5.41) is 0. The molecule has 0 unspecified atom stereocenters. The molecule has 1 heterocycles. The Kier molecular flexibility index (Phi) is 5.32. The Morgan fingerprint density at radius 3 is 2.94 bits per heavy atom. The van der Waals surface area contributed by atoms with Crippen LogP contribution < -0.4 is 15.2 Å². The van der Waals surface area contributed by atoms with Crippen molar-refractivity contribution >= 4 is 18.0 Å². The van der Waals surface area contributed by atoms with E-state index in [1.165, 1.54) is 5.57 Å². The van der Waals surface area contributed by atoms with Crippen LogP contribution in [0, 0.1) is 0 Å². The Balaban J connectivity index is 0.00000144. The van der Waals surface area contributed by atoms with Crippen LogP contribution >= 0.6 is 12.4 Å². The van der Waals surface area contributed by atoms with E-state index in [1.54, 1.807) is 7.11 Å². The molecule has 0 saturated carbocycles. The molecule has 0 radical (unpaired) electrons. The van der Waals surface area contributed by atoms with Crippen molar-refractivity contribution < 1.29 is 9.47 Å². The normalized spacial score (nSPS) is 12.9. The molecule has 0 aliphatic carbocycles. The third-order valence-corrected chi connectivity index (χ3v) is 2.75. The van der Waals surface area contributed by atoms with E-state index in [-0.39, 0.29) is 12.4 Å². The van der Waals surface area contributed by atoms with Crippen molar-refractivity contribution in [3.05, 3.63) is 29.8 Å². The van der Waals surface area contributed by atoms with Gasteiger partial charge in [-0.2, -0.15) is 0 Å². The van der Waals surface area contributed by atoms with Crippen molar-refractivity contribution in [1.82, 2.24) is 0 Å². The van der Waals surface area contributed by atoms with Crippen molar-refractivity contribution in [2.75, 3.05) is 20.3 Å². The van der Waals surface area contributed by atoms with Gasteiger partial charge in [-0.25, -0.2) is 0 Å². The molecular weight excluding hydrogens is 238 g/mol. The van der Waals surface area contributed by atoms with Gasteiger partial charge >= 0.3 is 0 Å². The average molecular weight is 256 g/mol. The number of fused-ring (bicyclic) bond motifs is 1. The summed E-state index contributed by atoms with van der Waals surface area (Å²) in [6.07, 6.45) is 4.12. The Hall–Kier alpha value is -1.19. The lowest BCUT2D eigenvalue weighted by Crippen LogP contribution is -2.07. The van der Waals surface area contributed by atoms with Crippen LogP contribution in [0.4, 0.5) is 0 Å². The number of hydrogen-bond acceptors (Lipinski definition) is 3. The van der Waals surface area contributed by atoms with Gasteiger partial charge in [-0.1, -0.05) is 12.1 Å². The van der Waals surface area contributed by atoms with Crippen molar-refractivity contribution in [2.24, 2.45) is 5.73 Å². The molecule has 0 aromatic heterocycles. The van der Waals surface area contributed by atoms with E-state index in [1.807, 2.05) is 12.1 Å². The van der Waals surface area contributed by atoms with Crippen LogP contribution in [0.25, 0.3) is 5.57 Å². The van der Waals surface area contributed by atoms with Gasteiger partial charge in [0.25, 0.3) is 0 Å². The standard InChI is InChI=1S/C13H17NO2.ClH/c1-15-12-6-2-5-11-10(4-3-8-14)7-9-16-13(11)12;/h2,5-7H,3-4,8-9,14H2,1H3;1H. The zero-order chi connectivity index (χ0) is 11.4. The minimum absolute atomic E-state index is 0. The molecule has 0 fully saturated rings. The van der Waals surface area contributed by atoms with E-state index in [4.69, 9.17) is 15.2 Å². The van der Waals surface area contributed by atoms with Crippen molar-refractivity contribution in [3.8, 4) is 11.5 Å². The summed E-state index contributed by atoms with van der Waals surface area (Å²) in [6.45, 7) is 1.34. The third kappa shape index (κ3) is 2.93. The summed E-state index contributed by atoms with van der Waals surface area (Å²) in [4.78, 5) is 0. The molecule has 1 aromatic rings. The zero-order valence-electron chi connectivity index (χ0n) is 9.94. The SMILES string of the molecule is COc1cccc2c1OCC=C2CCCN.Cl. The molecule has 0 saturated heterocycles. The number of allylic oxidation sites excluding steroid dienone is 1. The topological polar surface area (TPSA) is 44.5 Å². The highest BCUT2D eigenvalue weighted by Gasteiger charge is 2.16. The van der Waals surface area contributed by atoms with Gasteiger partial charge < -0.3 is 15.2 Å². The van der Waals surface area contributed by atoms with E-state index in [9.17, 15) is 0 Å². The van der Waals surface area contributed by atoms with Crippen LogP contribution in [-0.2, 0) is 0 Å². The molecule has 1 aliphatic heterocycles. The van der Waals surface area contributed by atoms with E-state index in [2.05, 4.69) is 12.1 Å². The number of para-hydroxylation sites is 1. The van der Waals surface area contributed by atoms with E-state index >= 15 is 0 Å². The Bertz CT molecular complexity index is 404. The number of ether oxygens (including phenoxy) is 2. The monoisotopic (exact) mass is 255 g/mol. The van der Waals surface area contributed by atoms with E-state index in [0.717, 1.165) is 36.4 Å². The predicted octanol–water partition coefficient (Wildman–Crippen LogP) is 2.63. The second-order valence-electron chi connectivity index (χ2n) is 3.77. The van der Waals surface area contributed by atoms with Gasteiger partial charge in [0.1, 0.15) is 6.61 Å². The number of rotatable bonds is 4. The first-order valence-corrected chi connectivity index (χ1v) is 5.56. The van der Waals surface area contributed by atoms with Gasteiger partial charge in [0.2, 0.25) is 0 Å². The van der Waals surface area contributed by atoms with Crippen LogP contribution in [0.3, 0.4) is 0 Å². The van der Waals surface area contributed by atoms with Gasteiger partial charge in [0, 0.05) is 5.56 Å². The molecule has 1 aliphatic rings. The molecule has 4 heteroatoms. The molecule has 1 aromatic carbocycles. The van der Waals surface area contributed by atoms with Crippen LogP contribution in [0.1, 0.15) is 18.4 Å². The molecule has 2 N–H and O–H groups in total. The molecule has 2 rings (SSSR count). The number of methoxy groups -OCH3 is 1. The number of benzene rings is 1. The maximum Gasteiger partial charge on any atom is 0.169 e. The van der Waals surface area contributed by atoms with Gasteiger partial charge in [-0.15, -0.1) is 12.4 Å². The van der Waals surface area contributed by atoms with Gasteiger partial charge in [0.05, 0.1) is 7.11 Å². The highest BCUT2D eigenvalue weighted by Crippen LogP contribution is 2.39. The van der Waals surface area contributed by atoms with Crippen molar-refractivity contribution in [2.45, 2.75) is 12.8 Å². The van der Waals surface area contributed by atoms with Gasteiger partial charge in [0.15, 0.2) is 11.5 Å². The first-order valence-electron chi connectivity index (χ1n) is 5.56. The second-order valence-corrected chi connectivity index (χ2v) is 3.77. The Morgan fingerprint density at radius 1 is 1.41 bits per heavy atom. The minimum atomic E-state index is 0. The summed E-state index contributed by atoms with van der Waals surface area (Å²) >= 11 is 0. The van der Waals surface area contributed by atoms with Gasteiger partial charge in [-0.3, -0.25) is 0 Å². The molecule has 0 atom stereocenters. The largest absolute Gasteiger partial charge is 0.493 e.